The van der Waals surface area contributed by atoms with Crippen molar-refractivity contribution in [2.24, 2.45) is 0 Å². The molecule has 1 aromatic carbocycles. The van der Waals surface area contributed by atoms with E-state index in [0.717, 1.165) is 4.88 Å². The van der Waals surface area contributed by atoms with Crippen molar-refractivity contribution < 1.29 is 14.1 Å². The van der Waals surface area contributed by atoms with Crippen molar-refractivity contribution in [1.29, 1.82) is 0 Å². The van der Waals surface area contributed by atoms with Crippen molar-refractivity contribution in [3.8, 4) is 0 Å². The van der Waals surface area contributed by atoms with E-state index in [4.69, 9.17) is 4.42 Å². The maximum atomic E-state index is 12.6. The van der Waals surface area contributed by atoms with Crippen LogP contribution in [-0.4, -0.2) is 26.8 Å². The number of fused-ring (bicyclic) bond motifs is 1. The monoisotopic (exact) mass is 361 g/mol. The molecule has 3 rings (SSSR count). The van der Waals surface area contributed by atoms with Gasteiger partial charge in [-0.15, -0.1) is 11.3 Å². The van der Waals surface area contributed by atoms with Crippen LogP contribution in [0.25, 0.3) is 11.1 Å². The molecule has 130 valence electrons. The Morgan fingerprint density at radius 3 is 2.84 bits per heavy atom. The number of non-ortho nitro benzene ring substituents is 1. The minimum atomic E-state index is -0.712. The van der Waals surface area contributed by atoms with Crippen molar-refractivity contribution >= 4 is 34.0 Å². The number of nitro benzene ring substituents is 1. The summed E-state index contributed by atoms with van der Waals surface area (Å²) >= 11 is 1.56. The van der Waals surface area contributed by atoms with Crippen LogP contribution in [0.4, 0.5) is 5.69 Å². The minimum absolute atomic E-state index is 0.0910. The van der Waals surface area contributed by atoms with E-state index in [1.807, 2.05) is 24.4 Å². The first-order valence-corrected chi connectivity index (χ1v) is 8.45. The number of carbonyl (C=O) groups is 1. The van der Waals surface area contributed by atoms with Crippen LogP contribution in [0, 0.1) is 10.1 Å². The molecule has 0 N–H and O–H groups in total. The summed E-state index contributed by atoms with van der Waals surface area (Å²) in [6.07, 6.45) is 0. The summed E-state index contributed by atoms with van der Waals surface area (Å²) in [5, 5.41) is 12.8. The van der Waals surface area contributed by atoms with Crippen LogP contribution < -0.4 is 5.76 Å². The number of thiophene rings is 1. The summed E-state index contributed by atoms with van der Waals surface area (Å²) in [5.74, 6) is -0.935. The van der Waals surface area contributed by atoms with Gasteiger partial charge in [-0.05, 0) is 24.4 Å². The van der Waals surface area contributed by atoms with E-state index in [2.05, 4.69) is 0 Å². The van der Waals surface area contributed by atoms with E-state index in [1.54, 1.807) is 16.2 Å². The third-order valence-corrected chi connectivity index (χ3v) is 4.68. The van der Waals surface area contributed by atoms with Gasteiger partial charge in [0.1, 0.15) is 6.54 Å². The number of nitro groups is 1. The number of hydrogen-bond donors (Lipinski definition) is 0. The molecule has 25 heavy (non-hydrogen) atoms. The van der Waals surface area contributed by atoms with E-state index in [-0.39, 0.29) is 23.7 Å². The van der Waals surface area contributed by atoms with Crippen LogP contribution in [-0.2, 0) is 17.9 Å². The molecule has 0 saturated carbocycles. The molecule has 0 spiro atoms. The zero-order valence-corrected chi connectivity index (χ0v) is 14.2. The molecule has 8 nitrogen and oxygen atoms in total. The second-order valence-corrected chi connectivity index (χ2v) is 6.38. The molecule has 2 heterocycles. The van der Waals surface area contributed by atoms with Crippen molar-refractivity contribution in [2.45, 2.75) is 20.0 Å². The first-order valence-electron chi connectivity index (χ1n) is 7.57. The quantitative estimate of drug-likeness (QED) is 0.496. The Bertz CT molecular complexity index is 973. The number of carbonyl (C=O) groups excluding carboxylic acids is 1. The Kier molecular flexibility index (Phi) is 4.66. The van der Waals surface area contributed by atoms with Crippen LogP contribution in [0.15, 0.2) is 44.9 Å². The first kappa shape index (κ1) is 16.9. The number of oxazole rings is 1. The molecule has 0 aliphatic carbocycles. The number of hydrogen-bond acceptors (Lipinski definition) is 6. The number of amides is 1. The molecule has 0 bridgehead atoms. The molecular formula is C16H15N3O5S. The SMILES string of the molecule is CCN(Cc1cccs1)C(=O)Cn1c(=O)oc2cc([N+](=O)[O-])ccc21. The molecule has 0 aliphatic rings. The van der Waals surface area contributed by atoms with Gasteiger partial charge in [0.25, 0.3) is 5.69 Å². The molecule has 0 fully saturated rings. The van der Waals surface area contributed by atoms with Crippen LogP contribution in [0.3, 0.4) is 0 Å². The average molecular weight is 361 g/mol. The van der Waals surface area contributed by atoms with Crippen molar-refractivity contribution in [3.05, 3.63) is 61.3 Å². The van der Waals surface area contributed by atoms with Crippen LogP contribution in [0.5, 0.6) is 0 Å². The fourth-order valence-corrected chi connectivity index (χ4v) is 3.24. The molecule has 1 amide bonds. The Morgan fingerprint density at radius 1 is 1.40 bits per heavy atom. The minimum Gasteiger partial charge on any atom is -0.407 e. The molecule has 9 heteroatoms. The van der Waals surface area contributed by atoms with Gasteiger partial charge in [-0.25, -0.2) is 4.79 Å². The van der Waals surface area contributed by atoms with E-state index < -0.39 is 10.7 Å². The summed E-state index contributed by atoms with van der Waals surface area (Å²) < 4.78 is 6.24. The fourth-order valence-electron chi connectivity index (χ4n) is 2.52. The van der Waals surface area contributed by atoms with Gasteiger partial charge in [0.2, 0.25) is 5.91 Å². The number of likely N-dealkylation sites (N-methyl/N-ethyl adjacent to an activating group) is 1. The lowest BCUT2D eigenvalue weighted by molar-refractivity contribution is -0.384. The summed E-state index contributed by atoms with van der Waals surface area (Å²) in [6, 6.07) is 7.74. The van der Waals surface area contributed by atoms with Gasteiger partial charge >= 0.3 is 5.76 Å². The van der Waals surface area contributed by atoms with Crippen molar-refractivity contribution in [1.82, 2.24) is 9.47 Å². The largest absolute Gasteiger partial charge is 0.420 e. The normalized spacial score (nSPS) is 10.9. The van der Waals surface area contributed by atoms with E-state index in [1.165, 1.54) is 22.8 Å². The molecule has 3 aromatic rings. The van der Waals surface area contributed by atoms with Crippen molar-refractivity contribution in [2.75, 3.05) is 6.54 Å². The lowest BCUT2D eigenvalue weighted by Crippen LogP contribution is -2.35. The van der Waals surface area contributed by atoms with Crippen LogP contribution in [0.2, 0.25) is 0 Å². The topological polar surface area (TPSA) is 98.6 Å². The average Bonchev–Trinajstić information content (AvgIpc) is 3.20. The lowest BCUT2D eigenvalue weighted by Gasteiger charge is -2.20. The van der Waals surface area contributed by atoms with Crippen LogP contribution >= 0.6 is 11.3 Å². The molecule has 0 radical (unpaired) electrons. The highest BCUT2D eigenvalue weighted by molar-refractivity contribution is 7.09. The Morgan fingerprint density at radius 2 is 2.20 bits per heavy atom. The number of nitrogens with zero attached hydrogens (tertiary/aromatic N) is 3. The van der Waals surface area contributed by atoms with Gasteiger partial charge in [-0.3, -0.25) is 19.5 Å². The molecular weight excluding hydrogens is 346 g/mol. The molecule has 0 atom stereocenters. The fraction of sp³-hybridized carbons (Fsp3) is 0.250. The van der Waals surface area contributed by atoms with Crippen molar-refractivity contribution in [3.63, 3.8) is 0 Å². The Labute approximate surface area is 146 Å². The standard InChI is InChI=1S/C16H15N3O5S/c1-2-17(9-12-4-3-7-25-12)15(20)10-18-13-6-5-11(19(22)23)8-14(13)24-16(18)21/h3-8H,2,9-10H2,1H3. The second-order valence-electron chi connectivity index (χ2n) is 5.35. The van der Waals surface area contributed by atoms with Gasteiger partial charge in [-0.1, -0.05) is 6.07 Å². The molecule has 0 aliphatic heterocycles. The first-order chi connectivity index (χ1) is 12.0. The van der Waals surface area contributed by atoms with E-state index in [9.17, 15) is 19.7 Å². The summed E-state index contributed by atoms with van der Waals surface area (Å²) in [4.78, 5) is 37.5. The highest BCUT2D eigenvalue weighted by Gasteiger charge is 2.19. The Hall–Kier alpha value is -2.94. The third-order valence-electron chi connectivity index (χ3n) is 3.82. The number of rotatable bonds is 6. The highest BCUT2D eigenvalue weighted by Crippen LogP contribution is 2.20. The number of benzene rings is 1. The number of aromatic nitrogens is 1. The summed E-state index contributed by atoms with van der Waals surface area (Å²) in [5.41, 5.74) is 0.275. The maximum absolute atomic E-state index is 12.6. The summed E-state index contributed by atoms with van der Waals surface area (Å²) in [7, 11) is 0. The third kappa shape index (κ3) is 3.45. The van der Waals surface area contributed by atoms with Crippen LogP contribution in [0.1, 0.15) is 11.8 Å². The summed E-state index contributed by atoms with van der Waals surface area (Å²) in [6.45, 7) is 2.67. The molecule has 0 unspecified atom stereocenters. The smallest absolute Gasteiger partial charge is 0.407 e. The van der Waals surface area contributed by atoms with E-state index in [0.29, 0.717) is 18.6 Å². The van der Waals surface area contributed by atoms with E-state index >= 15 is 0 Å². The highest BCUT2D eigenvalue weighted by atomic mass is 32.1. The van der Waals surface area contributed by atoms with Gasteiger partial charge < -0.3 is 9.32 Å². The second kappa shape index (κ2) is 6.89. The lowest BCUT2D eigenvalue weighted by atomic mass is 10.3. The molecule has 0 saturated heterocycles. The van der Waals surface area contributed by atoms with Gasteiger partial charge in [-0.2, -0.15) is 0 Å². The van der Waals surface area contributed by atoms with Gasteiger partial charge in [0.15, 0.2) is 5.58 Å². The zero-order chi connectivity index (χ0) is 18.0. The maximum Gasteiger partial charge on any atom is 0.420 e. The van der Waals surface area contributed by atoms with Gasteiger partial charge in [0.05, 0.1) is 23.1 Å². The molecule has 2 aromatic heterocycles. The Balaban J connectivity index is 1.86. The van der Waals surface area contributed by atoms with Gasteiger partial charge in [0, 0.05) is 17.5 Å². The predicted octanol–water partition coefficient (Wildman–Crippen LogP) is 2.61. The predicted molar refractivity (Wildman–Crippen MR) is 92.5 cm³/mol. The zero-order valence-electron chi connectivity index (χ0n) is 13.4.